The highest BCUT2D eigenvalue weighted by Gasteiger charge is 2.30. The molecule has 2 aromatic carbocycles. The molecular weight excluding hydrogens is 408 g/mol. The molecule has 0 radical (unpaired) electrons. The number of methoxy groups -OCH3 is 2. The maximum absolute atomic E-state index is 13.2. The number of amides is 2. The van der Waals surface area contributed by atoms with Gasteiger partial charge >= 0.3 is 0 Å². The lowest BCUT2D eigenvalue weighted by Crippen LogP contribution is -2.40. The van der Waals surface area contributed by atoms with Gasteiger partial charge in [0, 0.05) is 23.4 Å². The highest BCUT2D eigenvalue weighted by molar-refractivity contribution is 5.94. The van der Waals surface area contributed by atoms with Crippen LogP contribution in [-0.2, 0) is 9.59 Å². The first-order valence-corrected chi connectivity index (χ1v) is 9.89. The van der Waals surface area contributed by atoms with Crippen LogP contribution in [0, 0.1) is 11.6 Å². The van der Waals surface area contributed by atoms with Gasteiger partial charge in [0.2, 0.25) is 11.8 Å². The molecule has 0 bridgehead atoms. The van der Waals surface area contributed by atoms with Gasteiger partial charge in [-0.05, 0) is 49.7 Å². The standard InChI is InChI=1S/C22H25F2N3O4/c1-30-15-6-8-20(31-2)16(11-15)19-4-3-9-27(19)13-22(29)25-12-21(28)26-14-5-7-17(23)18(24)10-14/h5-8,10-11,19H,3-4,9,12-13H2,1-2H3,(H,25,29)(H,26,28). The highest BCUT2D eigenvalue weighted by Crippen LogP contribution is 2.38. The fraction of sp³-hybridized carbons (Fsp3) is 0.364. The molecule has 2 N–H and O–H groups in total. The van der Waals surface area contributed by atoms with Crippen LogP contribution in [0.25, 0.3) is 0 Å². The second-order valence-corrected chi connectivity index (χ2v) is 7.19. The third kappa shape index (κ3) is 5.69. The highest BCUT2D eigenvalue weighted by atomic mass is 19.2. The second-order valence-electron chi connectivity index (χ2n) is 7.19. The molecule has 0 aromatic heterocycles. The van der Waals surface area contributed by atoms with Crippen LogP contribution in [0.3, 0.4) is 0 Å². The van der Waals surface area contributed by atoms with Crippen LogP contribution in [-0.4, -0.2) is 50.6 Å². The first-order chi connectivity index (χ1) is 14.9. The lowest BCUT2D eigenvalue weighted by molar-refractivity contribution is -0.125. The summed E-state index contributed by atoms with van der Waals surface area (Å²) in [5, 5.41) is 4.98. The van der Waals surface area contributed by atoms with Crippen molar-refractivity contribution >= 4 is 17.5 Å². The summed E-state index contributed by atoms with van der Waals surface area (Å²) in [6.45, 7) is 0.571. The number of ether oxygens (including phenoxy) is 2. The molecule has 3 rings (SSSR count). The zero-order valence-electron chi connectivity index (χ0n) is 17.4. The van der Waals surface area contributed by atoms with Crippen molar-refractivity contribution in [1.82, 2.24) is 10.2 Å². The number of likely N-dealkylation sites (tertiary alicyclic amines) is 1. The first-order valence-electron chi connectivity index (χ1n) is 9.89. The van der Waals surface area contributed by atoms with Gasteiger partial charge in [0.1, 0.15) is 11.5 Å². The zero-order chi connectivity index (χ0) is 22.4. The number of nitrogens with one attached hydrogen (secondary N) is 2. The van der Waals surface area contributed by atoms with Crippen LogP contribution in [0.4, 0.5) is 14.5 Å². The molecule has 2 aromatic rings. The average molecular weight is 433 g/mol. The Morgan fingerprint density at radius 1 is 1.06 bits per heavy atom. The summed E-state index contributed by atoms with van der Waals surface area (Å²) in [7, 11) is 3.19. The number of halogens is 2. The second kappa shape index (κ2) is 10.2. The Kier molecular flexibility index (Phi) is 7.41. The Balaban J connectivity index is 1.56. The molecule has 1 heterocycles. The Morgan fingerprint density at radius 3 is 2.58 bits per heavy atom. The number of hydrogen-bond donors (Lipinski definition) is 2. The van der Waals surface area contributed by atoms with Gasteiger partial charge in [-0.2, -0.15) is 0 Å². The summed E-state index contributed by atoms with van der Waals surface area (Å²) in [5.41, 5.74) is 1.06. The third-order valence-electron chi connectivity index (χ3n) is 5.16. The molecule has 31 heavy (non-hydrogen) atoms. The summed E-state index contributed by atoms with van der Waals surface area (Å²) >= 11 is 0. The van der Waals surface area contributed by atoms with Crippen LogP contribution < -0.4 is 20.1 Å². The zero-order valence-corrected chi connectivity index (χ0v) is 17.4. The Hall–Kier alpha value is -3.20. The molecule has 0 aliphatic carbocycles. The quantitative estimate of drug-likeness (QED) is 0.669. The molecule has 7 nitrogen and oxygen atoms in total. The number of benzene rings is 2. The first kappa shape index (κ1) is 22.5. The van der Waals surface area contributed by atoms with Crippen molar-refractivity contribution < 1.29 is 27.8 Å². The Labute approximate surface area is 179 Å². The fourth-order valence-corrected chi connectivity index (χ4v) is 3.67. The number of carbonyl (C=O) groups is 2. The maximum Gasteiger partial charge on any atom is 0.243 e. The minimum atomic E-state index is -1.06. The molecule has 9 heteroatoms. The normalized spacial score (nSPS) is 16.1. The van der Waals surface area contributed by atoms with Crippen LogP contribution >= 0.6 is 0 Å². The van der Waals surface area contributed by atoms with Crippen molar-refractivity contribution in [1.29, 1.82) is 0 Å². The van der Waals surface area contributed by atoms with Crippen LogP contribution in [0.2, 0.25) is 0 Å². The lowest BCUT2D eigenvalue weighted by atomic mass is 10.0. The summed E-state index contributed by atoms with van der Waals surface area (Å²) in [6, 6.07) is 8.61. The van der Waals surface area contributed by atoms with Gasteiger partial charge in [0.05, 0.1) is 27.3 Å². The van der Waals surface area contributed by atoms with E-state index in [1.807, 2.05) is 23.1 Å². The largest absolute Gasteiger partial charge is 0.497 e. The topological polar surface area (TPSA) is 79.9 Å². The van der Waals surface area contributed by atoms with Gasteiger partial charge in [-0.25, -0.2) is 8.78 Å². The molecule has 1 saturated heterocycles. The summed E-state index contributed by atoms with van der Waals surface area (Å²) < 4.78 is 37.0. The molecule has 0 spiro atoms. The Morgan fingerprint density at radius 2 is 1.87 bits per heavy atom. The van der Waals surface area contributed by atoms with Crippen molar-refractivity contribution in [3.8, 4) is 11.5 Å². The van der Waals surface area contributed by atoms with Crippen LogP contribution in [0.15, 0.2) is 36.4 Å². The molecule has 1 atom stereocenters. The maximum atomic E-state index is 13.2. The molecule has 166 valence electrons. The number of rotatable bonds is 8. The van der Waals surface area contributed by atoms with E-state index in [9.17, 15) is 18.4 Å². The van der Waals surface area contributed by atoms with E-state index in [0.717, 1.165) is 42.8 Å². The third-order valence-corrected chi connectivity index (χ3v) is 5.16. The van der Waals surface area contributed by atoms with Gasteiger partial charge < -0.3 is 20.1 Å². The molecule has 2 amide bonds. The van der Waals surface area contributed by atoms with E-state index in [1.54, 1.807) is 14.2 Å². The molecular formula is C22H25F2N3O4. The van der Waals surface area contributed by atoms with E-state index in [2.05, 4.69) is 10.6 Å². The molecule has 0 saturated carbocycles. The van der Waals surface area contributed by atoms with Gasteiger partial charge in [-0.3, -0.25) is 14.5 Å². The number of nitrogens with zero attached hydrogens (tertiary/aromatic N) is 1. The number of carbonyl (C=O) groups excluding carboxylic acids is 2. The molecule has 1 fully saturated rings. The van der Waals surface area contributed by atoms with Crippen molar-refractivity contribution in [2.75, 3.05) is 39.2 Å². The van der Waals surface area contributed by atoms with Crippen molar-refractivity contribution in [2.24, 2.45) is 0 Å². The van der Waals surface area contributed by atoms with E-state index >= 15 is 0 Å². The predicted molar refractivity (Wildman–Crippen MR) is 111 cm³/mol. The van der Waals surface area contributed by atoms with Crippen LogP contribution in [0.1, 0.15) is 24.4 Å². The number of hydrogen-bond acceptors (Lipinski definition) is 5. The smallest absolute Gasteiger partial charge is 0.243 e. The number of anilines is 1. The summed E-state index contributed by atoms with van der Waals surface area (Å²) in [6.07, 6.45) is 1.79. The summed E-state index contributed by atoms with van der Waals surface area (Å²) in [5.74, 6) is -1.47. The van der Waals surface area contributed by atoms with Gasteiger partial charge in [-0.15, -0.1) is 0 Å². The lowest BCUT2D eigenvalue weighted by Gasteiger charge is -2.26. The van der Waals surface area contributed by atoms with E-state index in [4.69, 9.17) is 9.47 Å². The minimum Gasteiger partial charge on any atom is -0.497 e. The molecule has 1 aliphatic heterocycles. The van der Waals surface area contributed by atoms with Crippen molar-refractivity contribution in [2.45, 2.75) is 18.9 Å². The molecule has 1 unspecified atom stereocenters. The van der Waals surface area contributed by atoms with E-state index in [-0.39, 0.29) is 30.7 Å². The van der Waals surface area contributed by atoms with E-state index in [0.29, 0.717) is 5.75 Å². The van der Waals surface area contributed by atoms with Gasteiger partial charge in [0.15, 0.2) is 11.6 Å². The average Bonchev–Trinajstić information content (AvgIpc) is 3.22. The van der Waals surface area contributed by atoms with Gasteiger partial charge in [0.25, 0.3) is 0 Å². The monoisotopic (exact) mass is 433 g/mol. The summed E-state index contributed by atoms with van der Waals surface area (Å²) in [4.78, 5) is 26.4. The molecule has 1 aliphatic rings. The Bertz CT molecular complexity index is 954. The van der Waals surface area contributed by atoms with Crippen molar-refractivity contribution in [3.05, 3.63) is 53.6 Å². The fourth-order valence-electron chi connectivity index (χ4n) is 3.67. The predicted octanol–water partition coefficient (Wildman–Crippen LogP) is 2.87. The van der Waals surface area contributed by atoms with Crippen molar-refractivity contribution in [3.63, 3.8) is 0 Å². The van der Waals surface area contributed by atoms with Gasteiger partial charge in [-0.1, -0.05) is 0 Å². The minimum absolute atomic E-state index is 0.00758. The van der Waals surface area contributed by atoms with E-state index < -0.39 is 17.5 Å². The van der Waals surface area contributed by atoms with Crippen LogP contribution in [0.5, 0.6) is 11.5 Å². The SMILES string of the molecule is COc1ccc(OC)c(C2CCCN2CC(=O)NCC(=O)Nc2ccc(F)c(F)c2)c1. The van der Waals surface area contributed by atoms with E-state index in [1.165, 1.54) is 6.07 Å².